The highest BCUT2D eigenvalue weighted by Gasteiger charge is 2.29. The normalized spacial score (nSPS) is 19.3. The Morgan fingerprint density at radius 2 is 1.85 bits per heavy atom. The molecule has 0 bridgehead atoms. The Kier molecular flexibility index (Phi) is 7.36. The number of carbonyl (C=O) groups is 1. The second-order valence-corrected chi connectivity index (χ2v) is 10.3. The van der Waals surface area contributed by atoms with Gasteiger partial charge in [-0.05, 0) is 76.3 Å². The quantitative estimate of drug-likeness (QED) is 0.371. The van der Waals surface area contributed by atoms with E-state index in [1.165, 1.54) is 30.4 Å². The van der Waals surface area contributed by atoms with Crippen LogP contribution in [0.3, 0.4) is 0 Å². The maximum absolute atomic E-state index is 12.7. The van der Waals surface area contributed by atoms with Gasteiger partial charge in [-0.2, -0.15) is 0 Å². The number of hydrogen-bond acceptors (Lipinski definition) is 6. The molecule has 0 amide bonds. The van der Waals surface area contributed by atoms with E-state index in [1.807, 2.05) is 52.0 Å². The highest BCUT2D eigenvalue weighted by molar-refractivity contribution is 5.93. The van der Waals surface area contributed by atoms with E-state index in [9.17, 15) is 4.79 Å². The van der Waals surface area contributed by atoms with Crippen molar-refractivity contribution in [1.29, 1.82) is 0 Å². The van der Waals surface area contributed by atoms with E-state index < -0.39 is 5.60 Å². The Balaban J connectivity index is 1.48. The fourth-order valence-electron chi connectivity index (χ4n) is 5.17. The lowest BCUT2D eigenvalue weighted by Crippen LogP contribution is -2.47. The van der Waals surface area contributed by atoms with Crippen molar-refractivity contribution in [3.63, 3.8) is 0 Å². The average Bonchev–Trinajstić information content (AvgIpc) is 3.02. The minimum Gasteiger partial charge on any atom is -0.493 e. The molecule has 1 unspecified atom stereocenters. The van der Waals surface area contributed by atoms with Gasteiger partial charge in [0.05, 0.1) is 6.61 Å². The summed E-state index contributed by atoms with van der Waals surface area (Å²) >= 11 is 0. The number of piperazine rings is 1. The summed E-state index contributed by atoms with van der Waals surface area (Å²) in [5.41, 5.74) is 11.1. The summed E-state index contributed by atoms with van der Waals surface area (Å²) in [6, 6.07) is 12.7. The summed E-state index contributed by atoms with van der Waals surface area (Å²) in [6.07, 6.45) is 4.73. The van der Waals surface area contributed by atoms with Gasteiger partial charge in [0.1, 0.15) is 16.9 Å². The second kappa shape index (κ2) is 10.3. The molecule has 1 aliphatic heterocycles. The van der Waals surface area contributed by atoms with Crippen molar-refractivity contribution in [1.82, 2.24) is 4.90 Å². The molecule has 6 nitrogen and oxygen atoms in total. The molecule has 2 aromatic rings. The first-order valence-electron chi connectivity index (χ1n) is 12.6. The number of nitrogen functional groups attached to an aromatic ring is 1. The van der Waals surface area contributed by atoms with Gasteiger partial charge in [0, 0.05) is 49.7 Å². The molecule has 184 valence electrons. The molecule has 0 saturated carbocycles. The number of hydrogen-bond donors (Lipinski definition) is 1. The van der Waals surface area contributed by atoms with Crippen LogP contribution in [0.25, 0.3) is 0 Å². The number of benzene rings is 2. The van der Waals surface area contributed by atoms with Gasteiger partial charge in [0.15, 0.2) is 0 Å². The summed E-state index contributed by atoms with van der Waals surface area (Å²) in [5, 5.41) is 0. The number of fused-ring (bicyclic) bond motifs is 1. The number of rotatable bonds is 5. The number of ether oxygens (including phenoxy) is 2. The molecule has 2 N–H and O–H groups in total. The fourth-order valence-corrected chi connectivity index (χ4v) is 5.17. The lowest BCUT2D eigenvalue weighted by Gasteiger charge is -2.40. The SMILES string of the molecule is CCOc1cc(N2CCN(C3CCCCc4c(N)cccc43)CC2)ccc1C(=O)OC(C)(C)C. The van der Waals surface area contributed by atoms with Gasteiger partial charge in [0.2, 0.25) is 0 Å². The summed E-state index contributed by atoms with van der Waals surface area (Å²) in [7, 11) is 0. The van der Waals surface area contributed by atoms with E-state index in [-0.39, 0.29) is 5.97 Å². The summed E-state index contributed by atoms with van der Waals surface area (Å²) in [4.78, 5) is 17.7. The molecule has 1 fully saturated rings. The summed E-state index contributed by atoms with van der Waals surface area (Å²) in [6.45, 7) is 11.9. The van der Waals surface area contributed by atoms with Gasteiger partial charge < -0.3 is 20.1 Å². The number of anilines is 2. The number of carbonyl (C=O) groups excluding carboxylic acids is 1. The molecular weight excluding hydrogens is 426 g/mol. The Morgan fingerprint density at radius 3 is 2.56 bits per heavy atom. The third kappa shape index (κ3) is 5.49. The van der Waals surface area contributed by atoms with Gasteiger partial charge >= 0.3 is 5.97 Å². The van der Waals surface area contributed by atoms with Gasteiger partial charge in [-0.3, -0.25) is 4.90 Å². The molecule has 34 heavy (non-hydrogen) atoms. The lowest BCUT2D eigenvalue weighted by atomic mass is 9.96. The van der Waals surface area contributed by atoms with Crippen LogP contribution in [-0.2, 0) is 11.2 Å². The zero-order valence-corrected chi connectivity index (χ0v) is 21.1. The maximum Gasteiger partial charge on any atom is 0.342 e. The van der Waals surface area contributed by atoms with Crippen molar-refractivity contribution in [3.05, 3.63) is 53.1 Å². The molecule has 6 heteroatoms. The zero-order valence-electron chi connectivity index (χ0n) is 21.1. The van der Waals surface area contributed by atoms with Crippen molar-refractivity contribution in [3.8, 4) is 5.75 Å². The van der Waals surface area contributed by atoms with Crippen molar-refractivity contribution in [2.45, 2.75) is 65.0 Å². The van der Waals surface area contributed by atoms with Crippen molar-refractivity contribution in [2.24, 2.45) is 0 Å². The van der Waals surface area contributed by atoms with Crippen molar-refractivity contribution < 1.29 is 14.3 Å². The molecule has 1 saturated heterocycles. The van der Waals surface area contributed by atoms with Crippen LogP contribution in [-0.4, -0.2) is 49.3 Å². The van der Waals surface area contributed by atoms with Crippen molar-refractivity contribution >= 4 is 17.3 Å². The highest BCUT2D eigenvalue weighted by Crippen LogP contribution is 2.37. The van der Waals surface area contributed by atoms with Gasteiger partial charge in [0.25, 0.3) is 0 Å². The molecule has 1 aliphatic carbocycles. The van der Waals surface area contributed by atoms with E-state index in [0.717, 1.165) is 44.0 Å². The van der Waals surface area contributed by atoms with Gasteiger partial charge in [-0.25, -0.2) is 4.79 Å². The standard InChI is InChI=1S/C28H39N3O3/c1-5-33-26-19-20(13-14-23(26)27(32)34-28(2,3)4)30-15-17-31(18-16-30)25-12-7-6-9-21-22(25)10-8-11-24(21)29/h8,10-11,13-14,19,25H,5-7,9,12,15-18,29H2,1-4H3. The summed E-state index contributed by atoms with van der Waals surface area (Å²) < 4.78 is 11.4. The first-order valence-corrected chi connectivity index (χ1v) is 12.6. The molecule has 4 rings (SSSR count). The first kappa shape index (κ1) is 24.4. The molecule has 0 radical (unpaired) electrons. The van der Waals surface area contributed by atoms with Crippen LogP contribution in [0.1, 0.15) is 74.5 Å². The predicted octanol–water partition coefficient (Wildman–Crippen LogP) is 5.21. The molecular formula is C28H39N3O3. The largest absolute Gasteiger partial charge is 0.493 e. The number of nitrogens with two attached hydrogens (primary N) is 1. The van der Waals surface area contributed by atoms with E-state index in [2.05, 4.69) is 21.9 Å². The van der Waals surface area contributed by atoms with Crippen LogP contribution >= 0.6 is 0 Å². The third-order valence-corrected chi connectivity index (χ3v) is 6.77. The van der Waals surface area contributed by atoms with Crippen LogP contribution < -0.4 is 15.4 Å². The predicted molar refractivity (Wildman–Crippen MR) is 138 cm³/mol. The van der Waals surface area contributed by atoms with Crippen LogP contribution in [0.5, 0.6) is 5.75 Å². The minimum absolute atomic E-state index is 0.348. The van der Waals surface area contributed by atoms with Crippen molar-refractivity contribution in [2.75, 3.05) is 43.4 Å². The van der Waals surface area contributed by atoms with Crippen LogP contribution in [0.4, 0.5) is 11.4 Å². The Hall–Kier alpha value is -2.73. The summed E-state index contributed by atoms with van der Waals surface area (Å²) in [5.74, 6) is 0.239. The van der Waals surface area contributed by atoms with Crippen LogP contribution in [0, 0.1) is 0 Å². The van der Waals surface area contributed by atoms with E-state index >= 15 is 0 Å². The van der Waals surface area contributed by atoms with Gasteiger partial charge in [-0.1, -0.05) is 18.6 Å². The molecule has 0 spiro atoms. The van der Waals surface area contributed by atoms with Gasteiger partial charge in [-0.15, -0.1) is 0 Å². The smallest absolute Gasteiger partial charge is 0.342 e. The monoisotopic (exact) mass is 465 g/mol. The average molecular weight is 466 g/mol. The maximum atomic E-state index is 12.7. The van der Waals surface area contributed by atoms with E-state index in [1.54, 1.807) is 0 Å². The minimum atomic E-state index is -0.545. The lowest BCUT2D eigenvalue weighted by molar-refractivity contribution is 0.00660. The van der Waals surface area contributed by atoms with Crippen LogP contribution in [0.2, 0.25) is 0 Å². The highest BCUT2D eigenvalue weighted by atomic mass is 16.6. The Labute approximate surface area is 204 Å². The topological polar surface area (TPSA) is 68.0 Å². The molecule has 2 aromatic carbocycles. The molecule has 1 atom stereocenters. The molecule has 1 heterocycles. The second-order valence-electron chi connectivity index (χ2n) is 10.3. The molecule has 0 aromatic heterocycles. The zero-order chi connectivity index (χ0) is 24.3. The Morgan fingerprint density at radius 1 is 1.09 bits per heavy atom. The molecule has 2 aliphatic rings. The van der Waals surface area contributed by atoms with E-state index in [4.69, 9.17) is 15.2 Å². The third-order valence-electron chi connectivity index (χ3n) is 6.77. The first-order chi connectivity index (χ1) is 16.3. The van der Waals surface area contributed by atoms with E-state index in [0.29, 0.717) is 24.0 Å². The fraction of sp³-hybridized carbons (Fsp3) is 0.536. The van der Waals surface area contributed by atoms with Crippen LogP contribution in [0.15, 0.2) is 36.4 Å². The Bertz CT molecular complexity index is 1010. The number of esters is 1. The number of nitrogens with zero attached hydrogens (tertiary/aromatic N) is 2.